The van der Waals surface area contributed by atoms with Crippen molar-refractivity contribution in [2.24, 2.45) is 0 Å². The average Bonchev–Trinajstić information content (AvgIpc) is 2.45. The third-order valence-corrected chi connectivity index (χ3v) is 3.42. The molecule has 0 unspecified atom stereocenters. The number of benzene rings is 2. The summed E-state index contributed by atoms with van der Waals surface area (Å²) >= 11 is 3.12. The van der Waals surface area contributed by atoms with Crippen molar-refractivity contribution in [2.45, 2.75) is 0 Å². The Morgan fingerprint density at radius 2 is 1.81 bits per heavy atom. The molecule has 2 rings (SSSR count). The molecule has 0 heterocycles. The molecule has 6 heteroatoms. The number of para-hydroxylation sites is 1. The molecule has 21 heavy (non-hydrogen) atoms. The molecule has 0 bridgehead atoms. The number of hydrogen-bond donors (Lipinski definition) is 1. The van der Waals surface area contributed by atoms with Gasteiger partial charge in [-0.25, -0.2) is 4.39 Å². The van der Waals surface area contributed by atoms with Gasteiger partial charge in [0.05, 0.1) is 5.56 Å². The second-order valence-corrected chi connectivity index (χ2v) is 5.10. The Labute approximate surface area is 128 Å². The Morgan fingerprint density at radius 1 is 1.14 bits per heavy atom. The van der Waals surface area contributed by atoms with Gasteiger partial charge < -0.3 is 5.11 Å². The molecule has 2 aromatic rings. The summed E-state index contributed by atoms with van der Waals surface area (Å²) in [6, 6.07) is 12.1. The van der Waals surface area contributed by atoms with Gasteiger partial charge in [-0.3, -0.25) is 14.5 Å². The number of carboxylic acid groups (broad SMARTS) is 1. The average molecular weight is 352 g/mol. The first-order valence-electron chi connectivity index (χ1n) is 6.03. The summed E-state index contributed by atoms with van der Waals surface area (Å²) in [5.74, 6) is -2.14. The van der Waals surface area contributed by atoms with E-state index in [1.54, 1.807) is 30.3 Å². The van der Waals surface area contributed by atoms with Crippen LogP contribution in [0.25, 0.3) is 0 Å². The predicted molar refractivity (Wildman–Crippen MR) is 79.9 cm³/mol. The molecule has 0 fully saturated rings. The number of carbonyl (C=O) groups is 2. The minimum absolute atomic E-state index is 0.196. The van der Waals surface area contributed by atoms with E-state index in [2.05, 4.69) is 15.9 Å². The summed E-state index contributed by atoms with van der Waals surface area (Å²) in [6.07, 6.45) is 0. The fraction of sp³-hybridized carbons (Fsp3) is 0.0667. The largest absolute Gasteiger partial charge is 0.480 e. The maximum absolute atomic E-state index is 13.1. The molecule has 0 aliphatic heterocycles. The highest BCUT2D eigenvalue weighted by Gasteiger charge is 2.22. The van der Waals surface area contributed by atoms with Crippen LogP contribution in [0.4, 0.5) is 10.1 Å². The third-order valence-electron chi connectivity index (χ3n) is 2.77. The zero-order valence-electron chi connectivity index (χ0n) is 10.8. The highest BCUT2D eigenvalue weighted by molar-refractivity contribution is 9.10. The van der Waals surface area contributed by atoms with Crippen LogP contribution in [0.1, 0.15) is 10.4 Å². The highest BCUT2D eigenvalue weighted by atomic mass is 79.9. The van der Waals surface area contributed by atoms with Crippen LogP contribution in [0, 0.1) is 5.82 Å². The zero-order valence-corrected chi connectivity index (χ0v) is 12.4. The van der Waals surface area contributed by atoms with Gasteiger partial charge in [-0.2, -0.15) is 0 Å². The standard InChI is InChI=1S/C15H11BrFNO3/c16-13-8-10(17)6-7-12(13)15(21)18(9-14(19)20)11-4-2-1-3-5-11/h1-8H,9H2,(H,19,20). The second kappa shape index (κ2) is 6.49. The number of anilines is 1. The number of hydrogen-bond acceptors (Lipinski definition) is 2. The van der Waals surface area contributed by atoms with Gasteiger partial charge in [-0.15, -0.1) is 0 Å². The Balaban J connectivity index is 2.41. The summed E-state index contributed by atoms with van der Waals surface area (Å²) in [7, 11) is 0. The maximum atomic E-state index is 13.1. The minimum atomic E-state index is -1.13. The Kier molecular flexibility index (Phi) is 4.70. The zero-order chi connectivity index (χ0) is 15.4. The van der Waals surface area contributed by atoms with Crippen LogP contribution in [0.5, 0.6) is 0 Å². The SMILES string of the molecule is O=C(O)CN(C(=O)c1ccc(F)cc1Br)c1ccccc1. The molecule has 0 saturated carbocycles. The maximum Gasteiger partial charge on any atom is 0.323 e. The van der Waals surface area contributed by atoms with Crippen LogP contribution in [0.3, 0.4) is 0 Å². The monoisotopic (exact) mass is 351 g/mol. The molecule has 0 aliphatic rings. The van der Waals surface area contributed by atoms with E-state index >= 15 is 0 Å². The number of amides is 1. The third kappa shape index (κ3) is 3.66. The summed E-state index contributed by atoms with van der Waals surface area (Å²) in [5.41, 5.74) is 0.655. The molecule has 108 valence electrons. The molecular weight excluding hydrogens is 341 g/mol. The summed E-state index contributed by atoms with van der Waals surface area (Å²) in [6.45, 7) is -0.480. The van der Waals surface area contributed by atoms with Crippen molar-refractivity contribution in [1.82, 2.24) is 0 Å². The van der Waals surface area contributed by atoms with E-state index in [0.29, 0.717) is 5.69 Å². The van der Waals surface area contributed by atoms with E-state index in [0.717, 1.165) is 17.0 Å². The first kappa shape index (κ1) is 15.2. The lowest BCUT2D eigenvalue weighted by Gasteiger charge is -2.21. The fourth-order valence-corrected chi connectivity index (χ4v) is 2.35. The van der Waals surface area contributed by atoms with Gasteiger partial charge in [0, 0.05) is 10.2 Å². The van der Waals surface area contributed by atoms with Crippen molar-refractivity contribution in [3.8, 4) is 0 Å². The van der Waals surface area contributed by atoms with Gasteiger partial charge in [0.1, 0.15) is 12.4 Å². The molecule has 0 aromatic heterocycles. The van der Waals surface area contributed by atoms with Gasteiger partial charge >= 0.3 is 5.97 Å². The molecule has 0 aliphatic carbocycles. The number of halogens is 2. The first-order chi connectivity index (χ1) is 9.99. The number of carboxylic acids is 1. The van der Waals surface area contributed by atoms with E-state index in [9.17, 15) is 14.0 Å². The molecule has 1 amide bonds. The highest BCUT2D eigenvalue weighted by Crippen LogP contribution is 2.23. The Bertz CT molecular complexity index is 676. The van der Waals surface area contributed by atoms with Gasteiger partial charge in [0.25, 0.3) is 5.91 Å². The van der Waals surface area contributed by atoms with Crippen LogP contribution in [0.15, 0.2) is 53.0 Å². The fourth-order valence-electron chi connectivity index (χ4n) is 1.83. The second-order valence-electron chi connectivity index (χ2n) is 4.24. The van der Waals surface area contributed by atoms with Crippen LogP contribution >= 0.6 is 15.9 Å². The molecule has 0 saturated heterocycles. The smallest absolute Gasteiger partial charge is 0.323 e. The molecule has 0 spiro atoms. The number of carbonyl (C=O) groups excluding carboxylic acids is 1. The van der Waals surface area contributed by atoms with E-state index in [1.165, 1.54) is 6.07 Å². The van der Waals surface area contributed by atoms with E-state index in [-0.39, 0.29) is 10.0 Å². The van der Waals surface area contributed by atoms with Gasteiger partial charge in [0.15, 0.2) is 0 Å². The van der Waals surface area contributed by atoms with Crippen LogP contribution in [-0.4, -0.2) is 23.5 Å². The summed E-state index contributed by atoms with van der Waals surface area (Å²) < 4.78 is 13.4. The lowest BCUT2D eigenvalue weighted by atomic mass is 10.1. The molecular formula is C15H11BrFNO3. The molecule has 0 atom stereocenters. The van der Waals surface area contributed by atoms with Crippen LogP contribution in [0.2, 0.25) is 0 Å². The number of nitrogens with zero attached hydrogens (tertiary/aromatic N) is 1. The minimum Gasteiger partial charge on any atom is -0.480 e. The van der Waals surface area contributed by atoms with Crippen molar-refractivity contribution >= 4 is 33.5 Å². The summed E-state index contributed by atoms with van der Waals surface area (Å²) in [5, 5.41) is 8.99. The number of aliphatic carboxylic acids is 1. The molecule has 4 nitrogen and oxygen atoms in total. The predicted octanol–water partition coefficient (Wildman–Crippen LogP) is 3.32. The number of rotatable bonds is 4. The quantitative estimate of drug-likeness (QED) is 0.919. The van der Waals surface area contributed by atoms with E-state index in [4.69, 9.17) is 5.11 Å². The molecule has 0 radical (unpaired) electrons. The van der Waals surface area contributed by atoms with Crippen molar-refractivity contribution in [2.75, 3.05) is 11.4 Å². The Morgan fingerprint density at radius 3 is 2.38 bits per heavy atom. The van der Waals surface area contributed by atoms with Gasteiger partial charge in [0.2, 0.25) is 0 Å². The first-order valence-corrected chi connectivity index (χ1v) is 6.82. The van der Waals surface area contributed by atoms with Crippen molar-refractivity contribution in [3.05, 3.63) is 64.4 Å². The Hall–Kier alpha value is -2.21. The van der Waals surface area contributed by atoms with Crippen molar-refractivity contribution in [1.29, 1.82) is 0 Å². The van der Waals surface area contributed by atoms with E-state index < -0.39 is 24.2 Å². The van der Waals surface area contributed by atoms with Gasteiger partial charge in [-0.05, 0) is 46.3 Å². The van der Waals surface area contributed by atoms with Crippen molar-refractivity contribution < 1.29 is 19.1 Å². The molecule has 2 aromatic carbocycles. The topological polar surface area (TPSA) is 57.6 Å². The van der Waals surface area contributed by atoms with Crippen LogP contribution < -0.4 is 4.90 Å². The van der Waals surface area contributed by atoms with E-state index in [1.807, 2.05) is 0 Å². The van der Waals surface area contributed by atoms with Crippen molar-refractivity contribution in [3.63, 3.8) is 0 Å². The molecule has 1 N–H and O–H groups in total. The van der Waals surface area contributed by atoms with Gasteiger partial charge in [-0.1, -0.05) is 18.2 Å². The summed E-state index contributed by atoms with van der Waals surface area (Å²) in [4.78, 5) is 24.6. The normalized spacial score (nSPS) is 10.2. The lowest BCUT2D eigenvalue weighted by molar-refractivity contribution is -0.135. The van der Waals surface area contributed by atoms with Crippen LogP contribution in [-0.2, 0) is 4.79 Å². The lowest BCUT2D eigenvalue weighted by Crippen LogP contribution is -2.35.